The van der Waals surface area contributed by atoms with Gasteiger partial charge in [-0.3, -0.25) is 34.1 Å². The number of benzene rings is 6. The summed E-state index contributed by atoms with van der Waals surface area (Å²) < 4.78 is 321. The molecule has 0 aliphatic carbocycles. The molecule has 1 aliphatic heterocycles. The van der Waals surface area contributed by atoms with Gasteiger partial charge in [-0.05, 0) is 139 Å². The molecular weight excluding hydrogens is 1860 g/mol. The Morgan fingerprint density at radius 1 is 0.396 bits per heavy atom. The molecule has 716 valence electrons. The lowest BCUT2D eigenvalue weighted by molar-refractivity contribution is -0.232. The second-order valence-corrected chi connectivity index (χ2v) is 27.6. The van der Waals surface area contributed by atoms with Crippen LogP contribution >= 0.6 is 12.4 Å². The first-order chi connectivity index (χ1) is 61.7. The Balaban J connectivity index is 0.000000255. The molecule has 1 saturated heterocycles. The number of aliphatic hydroxyl groups is 1. The molecular formula is C83H73ClF21N17O12. The monoisotopic (exact) mass is 1930 g/mol. The zero-order valence-corrected chi connectivity index (χ0v) is 68.2. The van der Waals surface area contributed by atoms with Crippen LogP contribution in [0, 0.1) is 34.9 Å². The van der Waals surface area contributed by atoms with E-state index < -0.39 is 197 Å². The van der Waals surface area contributed by atoms with Gasteiger partial charge in [-0.25, -0.2) is 45.2 Å². The second-order valence-electron chi connectivity index (χ2n) is 27.6. The van der Waals surface area contributed by atoms with Gasteiger partial charge in [0, 0.05) is 95.9 Å². The van der Waals surface area contributed by atoms with Gasteiger partial charge in [0.05, 0.1) is 26.2 Å². The van der Waals surface area contributed by atoms with E-state index in [9.17, 15) is 86.2 Å². The summed E-state index contributed by atoms with van der Waals surface area (Å²) in [5.41, 5.74) is -7.66. The van der Waals surface area contributed by atoms with Crippen LogP contribution in [0.2, 0.25) is 0 Å². The lowest BCUT2D eigenvalue weighted by Gasteiger charge is -2.39. The summed E-state index contributed by atoms with van der Waals surface area (Å²) >= 11 is 0. The Kier molecular flexibility index (Phi) is 35.6. The minimum atomic E-state index is -4.53. The average molecular weight is 1940 g/mol. The van der Waals surface area contributed by atoms with E-state index in [1.165, 1.54) is 97.9 Å². The molecule has 7 heterocycles. The van der Waals surface area contributed by atoms with E-state index in [2.05, 4.69) is 80.6 Å². The molecule has 29 nitrogen and oxygen atoms in total. The molecule has 3 atom stereocenters. The van der Waals surface area contributed by atoms with E-state index in [1.807, 2.05) is 0 Å². The standard InChI is InChI=1S/C26H20F7N5O3.C25H19F7N6O3.C23H16F7N5O2.C7H9NO4.2CH4.ClH/c1-2-23(39)41-24(13-38-15-35-36-37-38,20-9-6-18(27)11-21(20)28)26(32,33)22-10-5-17(12-34-22)16-3-7-19(8-4-16)40-14-25(29,30)31;26-17-4-7-19(20(27)9-17)23(41-22(39)10-33,12-38-14-35-36-37-38)25(31,32)21-8-3-16(11-34-21)15-1-5-18(6-2-15)40-13-24(28,29)30;24-16-4-7-18(19(25)9-16)21(36,11-35-13-32-33-34-35)23(29,30)20-8-3-15(10-31-20)14-1-5-17(6-2-14)37-12-22(26,27)28;1-2-7(11)12-8-5(9)3-4-6(8)10;;;/h3-12,15H,2,13-14H2,1H3;1-9,11,14H,10,12-13,33H2;1-10,13,36H,11-12H2;2-4H2,1H3;2*1H4;1H. The largest absolute Gasteiger partial charge is 0.484 e. The molecule has 3 N–H and O–H groups in total. The number of alkyl halides is 15. The van der Waals surface area contributed by atoms with Gasteiger partial charge in [0.2, 0.25) is 11.2 Å². The number of pyridine rings is 3. The van der Waals surface area contributed by atoms with Crippen molar-refractivity contribution in [3.63, 3.8) is 0 Å². The van der Waals surface area contributed by atoms with Crippen molar-refractivity contribution in [3.8, 4) is 50.6 Å². The maximum atomic E-state index is 16.5. The Hall–Kier alpha value is -14.3. The molecule has 0 saturated carbocycles. The first-order valence-corrected chi connectivity index (χ1v) is 37.6. The Morgan fingerprint density at radius 2 is 0.694 bits per heavy atom. The third-order valence-electron chi connectivity index (χ3n) is 18.5. The molecule has 0 bridgehead atoms. The molecule has 51 heteroatoms. The number of ether oxygens (including phenoxy) is 5. The Morgan fingerprint density at radius 3 is 0.970 bits per heavy atom. The minimum absolute atomic E-state index is 0. The number of hydrogen-bond acceptors (Lipinski definition) is 25. The summed E-state index contributed by atoms with van der Waals surface area (Å²) in [6, 6.07) is 27.7. The average Bonchev–Trinajstić information content (AvgIpc) is 1.13. The predicted octanol–water partition coefficient (Wildman–Crippen LogP) is 16.1. The van der Waals surface area contributed by atoms with E-state index in [0.29, 0.717) is 69.3 Å². The van der Waals surface area contributed by atoms with Crippen LogP contribution in [-0.4, -0.2) is 160 Å². The van der Waals surface area contributed by atoms with Gasteiger partial charge in [-0.1, -0.05) is 83.3 Å². The molecule has 0 radical (unpaired) electrons. The molecule has 12 aromatic rings. The van der Waals surface area contributed by atoms with Crippen molar-refractivity contribution >= 4 is 42.1 Å². The number of halogens is 22. The normalized spacial score (nSPS) is 13.6. The fourth-order valence-corrected chi connectivity index (χ4v) is 12.2. The first-order valence-electron chi connectivity index (χ1n) is 37.6. The predicted molar refractivity (Wildman–Crippen MR) is 425 cm³/mol. The molecule has 2 amide bonds. The molecule has 3 unspecified atom stereocenters. The summed E-state index contributed by atoms with van der Waals surface area (Å²) in [6.45, 7) is -5.37. The summed E-state index contributed by atoms with van der Waals surface area (Å²) in [4.78, 5) is 73.1. The Bertz CT molecular complexity index is 5640. The SMILES string of the molecule is C.C.CCC(=O)OC(Cn1cnnn1)(c1ccc(F)cc1F)C(F)(F)c1ccc(-c2ccc(OCC(F)(F)F)cc2)cn1.CCC(=O)ON1C(=O)CCC1=O.Cl.NCC(=O)OC(Cn1cnnn1)(c1ccc(F)cc1F)C(F)(F)c1ccc(-c2ccc(OCC(F)(F)F)cc2)cn1.OC(Cn1cnnn1)(c1ccc(F)cc1F)C(F)(F)c1ccc(-c2ccc(OCC(F)(F)F)cc2)cn1. The van der Waals surface area contributed by atoms with Crippen LogP contribution in [0.3, 0.4) is 0 Å². The molecule has 134 heavy (non-hydrogen) atoms. The van der Waals surface area contributed by atoms with Crippen LogP contribution in [-0.2, 0) is 92.5 Å². The van der Waals surface area contributed by atoms with Gasteiger partial charge in [0.25, 0.3) is 11.8 Å². The van der Waals surface area contributed by atoms with Crippen LogP contribution in [0.1, 0.15) is 88.2 Å². The molecule has 6 aromatic heterocycles. The molecule has 13 rings (SSSR count). The number of nitrogens with two attached hydrogens (primary N) is 1. The maximum Gasteiger partial charge on any atom is 0.422 e. The molecule has 6 aromatic carbocycles. The number of hydroxylamine groups is 2. The summed E-state index contributed by atoms with van der Waals surface area (Å²) in [6.07, 6.45) is -7.56. The number of tetrazole rings is 3. The number of carbonyl (C=O) groups excluding carboxylic acids is 5. The fraction of sp³-hybridized carbons (Fsp3) is 0.289. The summed E-state index contributed by atoms with van der Waals surface area (Å²) in [7, 11) is 0. The zero-order valence-electron chi connectivity index (χ0n) is 67.3. The van der Waals surface area contributed by atoms with Gasteiger partial charge in [-0.15, -0.1) is 32.8 Å². The van der Waals surface area contributed by atoms with E-state index >= 15 is 35.1 Å². The van der Waals surface area contributed by atoms with E-state index in [4.69, 9.17) is 15.2 Å². The van der Waals surface area contributed by atoms with Crippen LogP contribution in [0.25, 0.3) is 33.4 Å². The summed E-state index contributed by atoms with van der Waals surface area (Å²) in [5, 5.41) is 42.3. The lowest BCUT2D eigenvalue weighted by Crippen LogP contribution is -2.52. The third-order valence-corrected chi connectivity index (χ3v) is 18.5. The highest BCUT2D eigenvalue weighted by atomic mass is 35.5. The maximum absolute atomic E-state index is 16.5. The van der Waals surface area contributed by atoms with Crippen LogP contribution < -0.4 is 19.9 Å². The zero-order chi connectivity index (χ0) is 95.7. The van der Waals surface area contributed by atoms with Crippen molar-refractivity contribution in [2.75, 3.05) is 26.4 Å². The number of amides is 2. The molecule has 0 spiro atoms. The second kappa shape index (κ2) is 44.7. The minimum Gasteiger partial charge on any atom is -0.484 e. The van der Waals surface area contributed by atoms with Crippen LogP contribution in [0.15, 0.2) is 201 Å². The molecule has 1 fully saturated rings. The van der Waals surface area contributed by atoms with Gasteiger partial charge in [0.1, 0.15) is 88.2 Å². The highest BCUT2D eigenvalue weighted by Gasteiger charge is 2.64. The van der Waals surface area contributed by atoms with Crippen molar-refractivity contribution < 1.29 is 150 Å². The summed E-state index contributed by atoms with van der Waals surface area (Å²) in [5.74, 6) is -24.3. The van der Waals surface area contributed by atoms with Gasteiger partial charge in [0.15, 0.2) is 25.4 Å². The van der Waals surface area contributed by atoms with Crippen molar-refractivity contribution in [1.82, 2.24) is 80.6 Å². The Labute approximate surface area is 749 Å². The van der Waals surface area contributed by atoms with Crippen molar-refractivity contribution in [3.05, 3.63) is 270 Å². The van der Waals surface area contributed by atoms with E-state index in [1.54, 1.807) is 6.92 Å². The number of imide groups is 1. The fourth-order valence-electron chi connectivity index (χ4n) is 12.2. The van der Waals surface area contributed by atoms with Crippen molar-refractivity contribution in [1.29, 1.82) is 0 Å². The number of rotatable bonds is 30. The van der Waals surface area contributed by atoms with Crippen molar-refractivity contribution in [2.45, 2.75) is 127 Å². The van der Waals surface area contributed by atoms with E-state index in [-0.39, 0.29) is 75.8 Å². The number of nitrogens with zero attached hydrogens (tertiary/aromatic N) is 16. The van der Waals surface area contributed by atoms with E-state index in [0.717, 1.165) is 88.0 Å². The van der Waals surface area contributed by atoms with Crippen molar-refractivity contribution in [2.24, 2.45) is 5.73 Å². The highest BCUT2D eigenvalue weighted by molar-refractivity contribution is 6.01. The van der Waals surface area contributed by atoms with Gasteiger partial charge < -0.3 is 39.4 Å². The first kappa shape index (κ1) is 107. The quantitative estimate of drug-likeness (QED) is 0.0240. The number of esters is 2. The van der Waals surface area contributed by atoms with Crippen LogP contribution in [0.4, 0.5) is 92.2 Å². The van der Waals surface area contributed by atoms with Gasteiger partial charge >= 0.3 is 54.2 Å². The third kappa shape index (κ3) is 26.3. The van der Waals surface area contributed by atoms with Crippen LogP contribution in [0.5, 0.6) is 17.2 Å². The molecule has 1 aliphatic rings. The number of carbonyl (C=O) groups is 5. The highest BCUT2D eigenvalue weighted by Crippen LogP contribution is 2.53. The number of hydrogen-bond donors (Lipinski definition) is 2. The number of aromatic nitrogens is 15. The smallest absolute Gasteiger partial charge is 0.422 e. The lowest BCUT2D eigenvalue weighted by atomic mass is 9.83. The van der Waals surface area contributed by atoms with Gasteiger partial charge in [-0.2, -0.15) is 65.9 Å². The topological polar surface area (TPSA) is 360 Å².